The number of nitrogens with two attached hydrogens (primary N) is 1. The van der Waals surface area contributed by atoms with Crippen molar-refractivity contribution in [2.45, 2.75) is 45.8 Å². The summed E-state index contributed by atoms with van der Waals surface area (Å²) in [4.78, 5) is 11.5. The molecule has 0 bridgehead atoms. The van der Waals surface area contributed by atoms with Crippen molar-refractivity contribution in [1.82, 2.24) is 0 Å². The molecule has 2 N–H and O–H groups in total. The number of hydrogen-bond donors (Lipinski definition) is 1. The van der Waals surface area contributed by atoms with E-state index in [0.717, 1.165) is 11.3 Å². The summed E-state index contributed by atoms with van der Waals surface area (Å²) >= 11 is 0. The van der Waals surface area contributed by atoms with Crippen molar-refractivity contribution in [3.05, 3.63) is 29.8 Å². The van der Waals surface area contributed by atoms with E-state index in [2.05, 4.69) is 0 Å². The number of aryl methyl sites for hydroxylation is 1. The zero-order chi connectivity index (χ0) is 14.5. The molecule has 0 radical (unpaired) electrons. The summed E-state index contributed by atoms with van der Waals surface area (Å²) in [6, 6.07) is 7.10. The minimum atomic E-state index is -0.668. The summed E-state index contributed by atoms with van der Waals surface area (Å²) in [7, 11) is 0. The standard InChI is InChI=1S/C15H23NO3/c1-5-18-14(17)12(16)10-15(3,4)19-13-9-7-6-8-11(13)2/h6-9,12H,5,10,16H2,1-4H3. The van der Waals surface area contributed by atoms with Crippen LogP contribution in [0.1, 0.15) is 32.8 Å². The minimum absolute atomic E-state index is 0.339. The van der Waals surface area contributed by atoms with Gasteiger partial charge in [-0.2, -0.15) is 0 Å². The Hall–Kier alpha value is -1.55. The highest BCUT2D eigenvalue weighted by Gasteiger charge is 2.28. The number of benzene rings is 1. The Kier molecular flexibility index (Phi) is 5.36. The molecule has 0 spiro atoms. The molecule has 0 saturated heterocycles. The lowest BCUT2D eigenvalue weighted by atomic mass is 9.99. The predicted molar refractivity (Wildman–Crippen MR) is 75.1 cm³/mol. The number of ether oxygens (including phenoxy) is 2. The molecular weight excluding hydrogens is 242 g/mol. The van der Waals surface area contributed by atoms with Crippen molar-refractivity contribution < 1.29 is 14.3 Å². The topological polar surface area (TPSA) is 61.5 Å². The summed E-state index contributed by atoms with van der Waals surface area (Å²) < 4.78 is 10.8. The lowest BCUT2D eigenvalue weighted by Gasteiger charge is -2.29. The molecular formula is C15H23NO3. The maximum atomic E-state index is 11.5. The molecule has 0 fully saturated rings. The Bertz CT molecular complexity index is 429. The van der Waals surface area contributed by atoms with E-state index < -0.39 is 11.6 Å². The molecule has 1 unspecified atom stereocenters. The van der Waals surface area contributed by atoms with Gasteiger partial charge in [0.2, 0.25) is 0 Å². The van der Waals surface area contributed by atoms with Crippen LogP contribution in [0.3, 0.4) is 0 Å². The molecule has 106 valence electrons. The van der Waals surface area contributed by atoms with Crippen LogP contribution >= 0.6 is 0 Å². The number of hydrogen-bond acceptors (Lipinski definition) is 4. The summed E-state index contributed by atoms with van der Waals surface area (Å²) in [6.07, 6.45) is 0.403. The molecule has 1 atom stereocenters. The van der Waals surface area contributed by atoms with E-state index in [9.17, 15) is 4.79 Å². The Morgan fingerprint density at radius 2 is 2.00 bits per heavy atom. The van der Waals surface area contributed by atoms with Crippen LogP contribution in [0, 0.1) is 6.92 Å². The molecule has 0 aromatic heterocycles. The second kappa shape index (κ2) is 6.57. The fourth-order valence-corrected chi connectivity index (χ4v) is 1.87. The SMILES string of the molecule is CCOC(=O)C(N)CC(C)(C)Oc1ccccc1C. The second-order valence-corrected chi connectivity index (χ2v) is 5.19. The van der Waals surface area contributed by atoms with Gasteiger partial charge in [-0.05, 0) is 39.3 Å². The van der Waals surface area contributed by atoms with E-state index in [-0.39, 0.29) is 5.97 Å². The zero-order valence-corrected chi connectivity index (χ0v) is 12.1. The van der Waals surface area contributed by atoms with E-state index in [0.29, 0.717) is 13.0 Å². The van der Waals surface area contributed by atoms with Crippen LogP contribution in [0.15, 0.2) is 24.3 Å². The van der Waals surface area contributed by atoms with Crippen LogP contribution in [0.2, 0.25) is 0 Å². The quantitative estimate of drug-likeness (QED) is 0.802. The van der Waals surface area contributed by atoms with Crippen LogP contribution in [0.4, 0.5) is 0 Å². The van der Waals surface area contributed by atoms with Crippen LogP contribution in [-0.4, -0.2) is 24.2 Å². The monoisotopic (exact) mass is 265 g/mol. The van der Waals surface area contributed by atoms with Gasteiger partial charge in [-0.25, -0.2) is 0 Å². The first kappa shape index (κ1) is 15.5. The summed E-state index contributed by atoms with van der Waals surface area (Å²) in [5, 5.41) is 0. The molecule has 19 heavy (non-hydrogen) atoms. The van der Waals surface area contributed by atoms with E-state index in [1.165, 1.54) is 0 Å². The summed E-state index contributed by atoms with van der Waals surface area (Å²) in [5.74, 6) is 0.424. The van der Waals surface area contributed by atoms with Gasteiger partial charge in [0, 0.05) is 6.42 Å². The minimum Gasteiger partial charge on any atom is -0.488 e. The molecule has 1 aromatic rings. The van der Waals surface area contributed by atoms with Gasteiger partial charge in [-0.15, -0.1) is 0 Å². The average Bonchev–Trinajstić information content (AvgIpc) is 2.31. The van der Waals surface area contributed by atoms with E-state index in [1.807, 2.05) is 45.0 Å². The molecule has 0 aliphatic heterocycles. The van der Waals surface area contributed by atoms with E-state index in [4.69, 9.17) is 15.2 Å². The largest absolute Gasteiger partial charge is 0.488 e. The molecule has 4 nitrogen and oxygen atoms in total. The number of carbonyl (C=O) groups is 1. The van der Waals surface area contributed by atoms with Crippen molar-refractivity contribution in [3.8, 4) is 5.75 Å². The molecule has 1 aromatic carbocycles. The number of rotatable bonds is 6. The maximum absolute atomic E-state index is 11.5. The second-order valence-electron chi connectivity index (χ2n) is 5.19. The maximum Gasteiger partial charge on any atom is 0.323 e. The van der Waals surface area contributed by atoms with E-state index in [1.54, 1.807) is 6.92 Å². The predicted octanol–water partition coefficient (Wildman–Crippen LogP) is 2.43. The number of esters is 1. The van der Waals surface area contributed by atoms with Crippen molar-refractivity contribution in [3.63, 3.8) is 0 Å². The molecule has 1 rings (SSSR count). The molecule has 0 amide bonds. The summed E-state index contributed by atoms with van der Waals surface area (Å²) in [6.45, 7) is 7.92. The highest BCUT2D eigenvalue weighted by atomic mass is 16.5. The van der Waals surface area contributed by atoms with Crippen molar-refractivity contribution in [2.24, 2.45) is 5.73 Å². The molecule has 0 saturated carbocycles. The van der Waals surface area contributed by atoms with Gasteiger partial charge in [0.1, 0.15) is 17.4 Å². The molecule has 0 heterocycles. The normalized spacial score (nSPS) is 12.9. The molecule has 0 aliphatic rings. The van der Waals surface area contributed by atoms with Crippen molar-refractivity contribution in [2.75, 3.05) is 6.61 Å². The van der Waals surface area contributed by atoms with Crippen LogP contribution in [0.5, 0.6) is 5.75 Å². The fourth-order valence-electron chi connectivity index (χ4n) is 1.87. The Morgan fingerprint density at radius 3 is 2.58 bits per heavy atom. The van der Waals surface area contributed by atoms with Gasteiger partial charge in [0.25, 0.3) is 0 Å². The third-order valence-corrected chi connectivity index (χ3v) is 2.78. The van der Waals surface area contributed by atoms with Gasteiger partial charge in [0.15, 0.2) is 0 Å². The van der Waals surface area contributed by atoms with Gasteiger partial charge in [0.05, 0.1) is 6.61 Å². The highest BCUT2D eigenvalue weighted by Crippen LogP contribution is 2.25. The number of para-hydroxylation sites is 1. The summed E-state index contributed by atoms with van der Waals surface area (Å²) in [5.41, 5.74) is 6.35. The number of carbonyl (C=O) groups excluding carboxylic acids is 1. The smallest absolute Gasteiger partial charge is 0.323 e. The van der Waals surface area contributed by atoms with Gasteiger partial charge in [-0.3, -0.25) is 4.79 Å². The fraction of sp³-hybridized carbons (Fsp3) is 0.533. The zero-order valence-electron chi connectivity index (χ0n) is 12.1. The Balaban J connectivity index is 2.66. The first-order valence-corrected chi connectivity index (χ1v) is 6.52. The first-order valence-electron chi connectivity index (χ1n) is 6.52. The lowest BCUT2D eigenvalue weighted by Crippen LogP contribution is -2.42. The third kappa shape index (κ3) is 4.91. The van der Waals surface area contributed by atoms with Crippen LogP contribution in [-0.2, 0) is 9.53 Å². The van der Waals surface area contributed by atoms with E-state index >= 15 is 0 Å². The average molecular weight is 265 g/mol. The third-order valence-electron chi connectivity index (χ3n) is 2.78. The molecule has 0 aliphatic carbocycles. The molecule has 4 heteroatoms. The van der Waals surface area contributed by atoms with Crippen LogP contribution < -0.4 is 10.5 Å². The van der Waals surface area contributed by atoms with Crippen LogP contribution in [0.25, 0.3) is 0 Å². The highest BCUT2D eigenvalue weighted by molar-refractivity contribution is 5.75. The van der Waals surface area contributed by atoms with Gasteiger partial charge in [-0.1, -0.05) is 18.2 Å². The van der Waals surface area contributed by atoms with Crippen molar-refractivity contribution >= 4 is 5.97 Å². The van der Waals surface area contributed by atoms with Gasteiger partial charge >= 0.3 is 5.97 Å². The van der Waals surface area contributed by atoms with Crippen molar-refractivity contribution in [1.29, 1.82) is 0 Å². The Morgan fingerprint density at radius 1 is 1.37 bits per heavy atom. The first-order chi connectivity index (χ1) is 8.85. The lowest BCUT2D eigenvalue weighted by molar-refractivity contribution is -0.145. The van der Waals surface area contributed by atoms with Gasteiger partial charge < -0.3 is 15.2 Å². The Labute approximate surface area is 114 Å².